The lowest BCUT2D eigenvalue weighted by Gasteiger charge is -2.17. The average molecular weight is 439 g/mol. The van der Waals surface area contributed by atoms with Crippen LogP contribution in [-0.2, 0) is 4.79 Å². The molecule has 7 nitrogen and oxygen atoms in total. The molecule has 3 amide bonds. The minimum Gasteiger partial charge on any atom is -0.492 e. The molecule has 1 aromatic rings. The summed E-state index contributed by atoms with van der Waals surface area (Å²) in [5, 5.41) is 7.61. The van der Waals surface area contributed by atoms with Gasteiger partial charge in [0.1, 0.15) is 5.75 Å². The van der Waals surface area contributed by atoms with Crippen molar-refractivity contribution in [3.05, 3.63) is 23.2 Å². The number of ether oxygens (including phenoxy) is 1. The molecule has 0 spiro atoms. The minimum absolute atomic E-state index is 0.0832. The monoisotopic (exact) mass is 438 g/mol. The molecular weight excluding hydrogens is 413 g/mol. The number of hydrogen-bond donors (Lipinski definition) is 3. The molecule has 0 aromatic heterocycles. The van der Waals surface area contributed by atoms with E-state index in [1.165, 1.54) is 0 Å². The lowest BCUT2D eigenvalue weighted by molar-refractivity contribution is -0.173. The van der Waals surface area contributed by atoms with Crippen molar-refractivity contribution in [2.75, 3.05) is 45.2 Å². The molecule has 0 aliphatic rings. The van der Waals surface area contributed by atoms with Crippen molar-refractivity contribution in [2.24, 2.45) is 0 Å². The largest absolute Gasteiger partial charge is 0.492 e. The highest BCUT2D eigenvalue weighted by Gasteiger charge is 2.38. The van der Waals surface area contributed by atoms with Crippen LogP contribution in [0.1, 0.15) is 19.8 Å². The molecule has 0 radical (unpaired) electrons. The summed E-state index contributed by atoms with van der Waals surface area (Å²) in [6.45, 7) is 3.62. The third-order valence-corrected chi connectivity index (χ3v) is 4.07. The Balaban J connectivity index is 2.16. The molecule has 0 fully saturated rings. The highest BCUT2D eigenvalue weighted by atomic mass is 35.5. The molecule has 0 saturated heterocycles. The summed E-state index contributed by atoms with van der Waals surface area (Å²) < 4.78 is 41.5. The molecule has 0 unspecified atom stereocenters. The maximum atomic E-state index is 12.1. The zero-order valence-corrected chi connectivity index (χ0v) is 17.1. The number of urea groups is 1. The summed E-state index contributed by atoms with van der Waals surface area (Å²) in [6.07, 6.45) is -3.43. The minimum atomic E-state index is -4.86. The number of nitrogens with zero attached hydrogens (tertiary/aromatic N) is 1. The van der Waals surface area contributed by atoms with Gasteiger partial charge >= 0.3 is 18.1 Å². The molecule has 0 atom stereocenters. The first-order chi connectivity index (χ1) is 13.6. The van der Waals surface area contributed by atoms with Crippen LogP contribution in [0.15, 0.2) is 18.2 Å². The second-order valence-corrected chi connectivity index (χ2v) is 6.63. The standard InChI is InChI=1S/C18H26ClF3N4O3/c1-3-29-15-7-6-13(12-14(15)19)25-17(28)24-8-4-5-10-26(2)11-9-23-16(27)18(20,21)22/h6-7,12H,3-5,8-11H2,1-2H3,(H,23,27)(H2,24,25,28). The predicted molar refractivity (Wildman–Crippen MR) is 105 cm³/mol. The number of anilines is 1. The van der Waals surface area contributed by atoms with Crippen molar-refractivity contribution in [2.45, 2.75) is 25.9 Å². The molecule has 0 aliphatic heterocycles. The Morgan fingerprint density at radius 1 is 1.14 bits per heavy atom. The van der Waals surface area contributed by atoms with E-state index in [9.17, 15) is 22.8 Å². The number of alkyl halides is 3. The number of benzene rings is 1. The van der Waals surface area contributed by atoms with Crippen LogP contribution in [0, 0.1) is 0 Å². The van der Waals surface area contributed by atoms with Crippen molar-refractivity contribution in [3.8, 4) is 5.75 Å². The van der Waals surface area contributed by atoms with Gasteiger partial charge in [-0.25, -0.2) is 4.79 Å². The Kier molecular flexibility index (Phi) is 10.6. The first kappa shape index (κ1) is 24.8. The highest BCUT2D eigenvalue weighted by Crippen LogP contribution is 2.27. The molecule has 0 bridgehead atoms. The third kappa shape index (κ3) is 10.2. The number of unbranched alkanes of at least 4 members (excludes halogenated alkanes) is 1. The molecule has 1 rings (SSSR count). The SMILES string of the molecule is CCOc1ccc(NC(=O)NCCCCN(C)CCNC(=O)C(F)(F)F)cc1Cl. The zero-order valence-electron chi connectivity index (χ0n) is 16.4. The van der Waals surface area contributed by atoms with Crippen molar-refractivity contribution >= 4 is 29.2 Å². The van der Waals surface area contributed by atoms with Gasteiger partial charge in [-0.2, -0.15) is 13.2 Å². The first-order valence-electron chi connectivity index (χ1n) is 9.14. The number of rotatable bonds is 11. The van der Waals surface area contributed by atoms with Gasteiger partial charge in [0.2, 0.25) is 0 Å². The predicted octanol–water partition coefficient (Wildman–Crippen LogP) is 3.25. The summed E-state index contributed by atoms with van der Waals surface area (Å²) in [5.74, 6) is -1.39. The Morgan fingerprint density at radius 2 is 1.86 bits per heavy atom. The van der Waals surface area contributed by atoms with Gasteiger partial charge in [0.15, 0.2) is 0 Å². The van der Waals surface area contributed by atoms with Gasteiger partial charge in [-0.3, -0.25) is 4.79 Å². The molecule has 0 saturated carbocycles. The number of carbonyl (C=O) groups is 2. The third-order valence-electron chi connectivity index (χ3n) is 3.78. The fourth-order valence-corrected chi connectivity index (χ4v) is 2.54. The van der Waals surface area contributed by atoms with Crippen LogP contribution in [0.5, 0.6) is 5.75 Å². The number of nitrogens with one attached hydrogen (secondary N) is 3. The Bertz CT molecular complexity index is 674. The lowest BCUT2D eigenvalue weighted by atomic mass is 10.3. The topological polar surface area (TPSA) is 82.7 Å². The number of halogens is 4. The molecule has 164 valence electrons. The van der Waals surface area contributed by atoms with E-state index in [2.05, 4.69) is 10.6 Å². The van der Waals surface area contributed by atoms with Crippen molar-refractivity contribution in [1.82, 2.24) is 15.5 Å². The van der Waals surface area contributed by atoms with Gasteiger partial charge in [0.05, 0.1) is 11.6 Å². The number of likely N-dealkylation sites (N-methyl/N-ethyl adjacent to an activating group) is 1. The van der Waals surface area contributed by atoms with Crippen molar-refractivity contribution < 1.29 is 27.5 Å². The van der Waals surface area contributed by atoms with Crippen LogP contribution in [0.25, 0.3) is 0 Å². The summed E-state index contributed by atoms with van der Waals surface area (Å²) in [5.41, 5.74) is 0.539. The van der Waals surface area contributed by atoms with Gasteiger partial charge in [-0.1, -0.05) is 11.6 Å². The average Bonchev–Trinajstić information content (AvgIpc) is 2.63. The molecule has 0 aliphatic carbocycles. The summed E-state index contributed by atoms with van der Waals surface area (Å²) in [7, 11) is 1.75. The van der Waals surface area contributed by atoms with Crippen LogP contribution < -0.4 is 20.7 Å². The van der Waals surface area contributed by atoms with E-state index < -0.39 is 12.1 Å². The maximum Gasteiger partial charge on any atom is 0.471 e. The molecular formula is C18H26ClF3N4O3. The van der Waals surface area contributed by atoms with Crippen LogP contribution in [0.3, 0.4) is 0 Å². The zero-order chi connectivity index (χ0) is 21.9. The second kappa shape index (κ2) is 12.4. The van der Waals surface area contributed by atoms with Crippen molar-refractivity contribution in [3.63, 3.8) is 0 Å². The second-order valence-electron chi connectivity index (χ2n) is 6.22. The Morgan fingerprint density at radius 3 is 2.48 bits per heavy atom. The fraction of sp³-hybridized carbons (Fsp3) is 0.556. The highest BCUT2D eigenvalue weighted by molar-refractivity contribution is 6.32. The van der Waals surface area contributed by atoms with E-state index in [1.54, 1.807) is 30.1 Å². The van der Waals surface area contributed by atoms with E-state index in [4.69, 9.17) is 16.3 Å². The van der Waals surface area contributed by atoms with Crippen LogP contribution >= 0.6 is 11.6 Å². The Labute approximate surface area is 172 Å². The maximum absolute atomic E-state index is 12.1. The normalized spacial score (nSPS) is 11.3. The summed E-state index contributed by atoms with van der Waals surface area (Å²) >= 11 is 6.06. The number of hydrogen-bond acceptors (Lipinski definition) is 4. The van der Waals surface area contributed by atoms with Crippen LogP contribution in [0.4, 0.5) is 23.7 Å². The summed E-state index contributed by atoms with van der Waals surface area (Å²) in [4.78, 5) is 24.4. The van der Waals surface area contributed by atoms with E-state index >= 15 is 0 Å². The van der Waals surface area contributed by atoms with Crippen LogP contribution in [0.2, 0.25) is 5.02 Å². The van der Waals surface area contributed by atoms with Gasteiger partial charge in [-0.15, -0.1) is 0 Å². The first-order valence-corrected chi connectivity index (χ1v) is 9.52. The number of amides is 3. The molecule has 1 aromatic carbocycles. The van der Waals surface area contributed by atoms with Gasteiger partial charge in [0.25, 0.3) is 0 Å². The van der Waals surface area contributed by atoms with E-state index in [-0.39, 0.29) is 12.6 Å². The fourth-order valence-electron chi connectivity index (χ4n) is 2.31. The van der Waals surface area contributed by atoms with Gasteiger partial charge in [0, 0.05) is 25.3 Å². The number of carbonyl (C=O) groups excluding carboxylic acids is 2. The smallest absolute Gasteiger partial charge is 0.471 e. The Hall–Kier alpha value is -2.20. The lowest BCUT2D eigenvalue weighted by Crippen LogP contribution is -2.40. The van der Waals surface area contributed by atoms with Gasteiger partial charge < -0.3 is 25.6 Å². The molecule has 11 heteroatoms. The van der Waals surface area contributed by atoms with E-state index in [0.717, 1.165) is 6.42 Å². The molecule has 29 heavy (non-hydrogen) atoms. The molecule has 0 heterocycles. The summed E-state index contributed by atoms with van der Waals surface area (Å²) in [6, 6.07) is 4.59. The van der Waals surface area contributed by atoms with Gasteiger partial charge in [-0.05, 0) is 51.6 Å². The molecule has 3 N–H and O–H groups in total. The van der Waals surface area contributed by atoms with E-state index in [0.29, 0.717) is 49.1 Å². The van der Waals surface area contributed by atoms with E-state index in [1.807, 2.05) is 12.2 Å². The quantitative estimate of drug-likeness (QED) is 0.463. The van der Waals surface area contributed by atoms with Crippen molar-refractivity contribution in [1.29, 1.82) is 0 Å². The van der Waals surface area contributed by atoms with Crippen LogP contribution in [-0.4, -0.2) is 62.8 Å².